The van der Waals surface area contributed by atoms with Crippen molar-refractivity contribution >= 4 is 5.71 Å². The van der Waals surface area contributed by atoms with E-state index >= 15 is 0 Å². The molecule has 2 heteroatoms. The number of nitrogens with zero attached hydrogens (tertiary/aromatic N) is 1. The summed E-state index contributed by atoms with van der Waals surface area (Å²) in [5.41, 5.74) is 0.859. The van der Waals surface area contributed by atoms with Crippen molar-refractivity contribution in [2.24, 2.45) is 5.16 Å². The van der Waals surface area contributed by atoms with Gasteiger partial charge in [0.1, 0.15) is 0 Å². The lowest BCUT2D eigenvalue weighted by Gasteiger charge is -2.01. The normalized spacial score (nSPS) is 12.0. The molecule has 0 saturated heterocycles. The van der Waals surface area contributed by atoms with Crippen LogP contribution in [0.25, 0.3) is 0 Å². The van der Waals surface area contributed by atoms with Crippen molar-refractivity contribution in [1.82, 2.24) is 0 Å². The lowest BCUT2D eigenvalue weighted by Crippen LogP contribution is -1.90. The Morgan fingerprint density at radius 1 is 0.867 bits per heavy atom. The molecule has 0 rings (SSSR count). The van der Waals surface area contributed by atoms with Gasteiger partial charge < -0.3 is 5.21 Å². The summed E-state index contributed by atoms with van der Waals surface area (Å²) >= 11 is 0. The highest BCUT2D eigenvalue weighted by Crippen LogP contribution is 2.10. The fourth-order valence-electron chi connectivity index (χ4n) is 1.74. The monoisotopic (exact) mass is 213 g/mol. The van der Waals surface area contributed by atoms with E-state index in [1.807, 2.05) is 6.92 Å². The Morgan fingerprint density at radius 3 is 1.80 bits per heavy atom. The van der Waals surface area contributed by atoms with Crippen LogP contribution in [-0.4, -0.2) is 10.9 Å². The van der Waals surface area contributed by atoms with Gasteiger partial charge in [0, 0.05) is 0 Å². The van der Waals surface area contributed by atoms with E-state index in [0.717, 1.165) is 12.1 Å². The third kappa shape index (κ3) is 11.4. The molecular weight excluding hydrogens is 186 g/mol. The molecule has 0 aliphatic heterocycles. The van der Waals surface area contributed by atoms with Crippen LogP contribution >= 0.6 is 0 Å². The number of hydrogen-bond donors (Lipinski definition) is 1. The summed E-state index contributed by atoms with van der Waals surface area (Å²) in [7, 11) is 0. The van der Waals surface area contributed by atoms with Crippen molar-refractivity contribution in [3.05, 3.63) is 0 Å². The van der Waals surface area contributed by atoms with E-state index in [0.29, 0.717) is 0 Å². The second kappa shape index (κ2) is 11.5. The van der Waals surface area contributed by atoms with Crippen LogP contribution in [0.2, 0.25) is 0 Å². The van der Waals surface area contributed by atoms with Gasteiger partial charge in [0.2, 0.25) is 0 Å². The van der Waals surface area contributed by atoms with Gasteiger partial charge in [-0.05, 0) is 19.8 Å². The molecule has 0 aromatic carbocycles. The molecule has 0 spiro atoms. The van der Waals surface area contributed by atoms with Crippen LogP contribution in [0.15, 0.2) is 5.16 Å². The molecule has 0 aliphatic carbocycles. The minimum Gasteiger partial charge on any atom is -0.411 e. The maximum Gasteiger partial charge on any atom is 0.0540 e. The summed E-state index contributed by atoms with van der Waals surface area (Å²) in [6, 6.07) is 0. The second-order valence-electron chi connectivity index (χ2n) is 4.41. The third-order valence-electron chi connectivity index (χ3n) is 2.81. The summed E-state index contributed by atoms with van der Waals surface area (Å²) in [4.78, 5) is 0. The number of rotatable bonds is 10. The van der Waals surface area contributed by atoms with Crippen LogP contribution in [0.3, 0.4) is 0 Å². The van der Waals surface area contributed by atoms with Gasteiger partial charge in [-0.15, -0.1) is 0 Å². The molecule has 15 heavy (non-hydrogen) atoms. The Balaban J connectivity index is 2.99. The predicted molar refractivity (Wildman–Crippen MR) is 66.7 cm³/mol. The average Bonchev–Trinajstić information content (AvgIpc) is 2.26. The Labute approximate surface area is 94.8 Å². The second-order valence-corrected chi connectivity index (χ2v) is 4.41. The summed E-state index contributed by atoms with van der Waals surface area (Å²) in [6.07, 6.45) is 13.1. The first kappa shape index (κ1) is 14.5. The van der Waals surface area contributed by atoms with Crippen molar-refractivity contribution in [2.45, 2.75) is 78.1 Å². The SMILES string of the molecule is CCCCCCCCCCC/C(C)=N/O. The summed E-state index contributed by atoms with van der Waals surface area (Å²) < 4.78 is 0. The van der Waals surface area contributed by atoms with E-state index in [9.17, 15) is 0 Å². The highest BCUT2D eigenvalue weighted by molar-refractivity contribution is 5.81. The van der Waals surface area contributed by atoms with Gasteiger partial charge in [0.05, 0.1) is 5.71 Å². The van der Waals surface area contributed by atoms with Gasteiger partial charge in [0.15, 0.2) is 0 Å². The van der Waals surface area contributed by atoms with Gasteiger partial charge in [0.25, 0.3) is 0 Å². The molecule has 0 unspecified atom stereocenters. The van der Waals surface area contributed by atoms with E-state index < -0.39 is 0 Å². The zero-order valence-electron chi connectivity index (χ0n) is 10.5. The van der Waals surface area contributed by atoms with Crippen molar-refractivity contribution in [3.8, 4) is 0 Å². The van der Waals surface area contributed by atoms with Crippen LogP contribution in [0.4, 0.5) is 0 Å². The topological polar surface area (TPSA) is 32.6 Å². The smallest absolute Gasteiger partial charge is 0.0540 e. The molecule has 0 radical (unpaired) electrons. The largest absolute Gasteiger partial charge is 0.411 e. The Hall–Kier alpha value is -0.530. The number of hydrogen-bond acceptors (Lipinski definition) is 2. The fraction of sp³-hybridized carbons (Fsp3) is 0.923. The summed E-state index contributed by atoms with van der Waals surface area (Å²) in [5.74, 6) is 0. The number of oxime groups is 1. The Morgan fingerprint density at radius 2 is 1.33 bits per heavy atom. The van der Waals surface area contributed by atoms with E-state index in [2.05, 4.69) is 12.1 Å². The van der Waals surface area contributed by atoms with Crippen LogP contribution in [-0.2, 0) is 0 Å². The lowest BCUT2D eigenvalue weighted by atomic mass is 10.1. The van der Waals surface area contributed by atoms with Crippen molar-refractivity contribution in [3.63, 3.8) is 0 Å². The van der Waals surface area contributed by atoms with Crippen LogP contribution < -0.4 is 0 Å². The van der Waals surface area contributed by atoms with Crippen LogP contribution in [0, 0.1) is 0 Å². The highest BCUT2D eigenvalue weighted by atomic mass is 16.4. The molecule has 90 valence electrons. The van der Waals surface area contributed by atoms with E-state index in [-0.39, 0.29) is 0 Å². The lowest BCUT2D eigenvalue weighted by molar-refractivity contribution is 0.317. The highest BCUT2D eigenvalue weighted by Gasteiger charge is 1.94. The first-order valence-corrected chi connectivity index (χ1v) is 6.48. The van der Waals surface area contributed by atoms with Gasteiger partial charge in [-0.2, -0.15) is 0 Å². The Kier molecular flexibility index (Phi) is 11.1. The van der Waals surface area contributed by atoms with Gasteiger partial charge in [-0.25, -0.2) is 0 Å². The minimum atomic E-state index is 0.859. The zero-order chi connectivity index (χ0) is 11.4. The maximum absolute atomic E-state index is 8.45. The Bertz CT molecular complexity index is 155. The van der Waals surface area contributed by atoms with E-state index in [1.54, 1.807) is 0 Å². The van der Waals surface area contributed by atoms with Gasteiger partial charge in [-0.1, -0.05) is 63.4 Å². The molecular formula is C13H27NO. The van der Waals surface area contributed by atoms with Crippen molar-refractivity contribution in [1.29, 1.82) is 0 Å². The molecule has 0 saturated carbocycles. The molecule has 0 aromatic heterocycles. The molecule has 2 nitrogen and oxygen atoms in total. The first-order chi connectivity index (χ1) is 7.31. The third-order valence-corrected chi connectivity index (χ3v) is 2.81. The average molecular weight is 213 g/mol. The van der Waals surface area contributed by atoms with Crippen molar-refractivity contribution in [2.75, 3.05) is 0 Å². The molecule has 0 atom stereocenters. The quantitative estimate of drug-likeness (QED) is 0.241. The minimum absolute atomic E-state index is 0.859. The molecule has 0 fully saturated rings. The van der Waals surface area contributed by atoms with E-state index in [1.165, 1.54) is 57.8 Å². The molecule has 0 amide bonds. The number of unbranched alkanes of at least 4 members (excludes halogenated alkanes) is 8. The van der Waals surface area contributed by atoms with E-state index in [4.69, 9.17) is 5.21 Å². The molecule has 0 aromatic rings. The standard InChI is InChI=1S/C13H27NO/c1-3-4-5-6-7-8-9-10-11-12-13(2)14-15/h15H,3-12H2,1-2H3/b14-13+. The zero-order valence-corrected chi connectivity index (χ0v) is 10.5. The van der Waals surface area contributed by atoms with Gasteiger partial charge in [-0.3, -0.25) is 0 Å². The predicted octanol–water partition coefficient (Wildman–Crippen LogP) is 4.76. The molecule has 0 heterocycles. The van der Waals surface area contributed by atoms with Crippen LogP contribution in [0.1, 0.15) is 78.1 Å². The fourth-order valence-corrected chi connectivity index (χ4v) is 1.74. The van der Waals surface area contributed by atoms with Crippen molar-refractivity contribution < 1.29 is 5.21 Å². The molecule has 0 bridgehead atoms. The summed E-state index contributed by atoms with van der Waals surface area (Å²) in [5, 5.41) is 11.6. The molecule has 1 N–H and O–H groups in total. The first-order valence-electron chi connectivity index (χ1n) is 6.48. The molecule has 0 aliphatic rings. The maximum atomic E-state index is 8.45. The van der Waals surface area contributed by atoms with Gasteiger partial charge >= 0.3 is 0 Å². The van der Waals surface area contributed by atoms with Crippen LogP contribution in [0.5, 0.6) is 0 Å². The summed E-state index contributed by atoms with van der Waals surface area (Å²) in [6.45, 7) is 4.13.